The molecule has 2 aliphatic rings. The largest absolute Gasteiger partial charge is 0.480 e. The number of fused-ring (bicyclic) bond motifs is 1. The summed E-state index contributed by atoms with van der Waals surface area (Å²) in [6.45, 7) is 0.335. The van der Waals surface area contributed by atoms with Crippen molar-refractivity contribution in [2.24, 2.45) is 11.7 Å². The monoisotopic (exact) mass is 297 g/mol. The summed E-state index contributed by atoms with van der Waals surface area (Å²) in [5.41, 5.74) is 5.04. The van der Waals surface area contributed by atoms with E-state index in [1.165, 1.54) is 4.90 Å². The highest BCUT2D eigenvalue weighted by Crippen LogP contribution is 2.39. The van der Waals surface area contributed by atoms with Gasteiger partial charge >= 0.3 is 12.0 Å². The van der Waals surface area contributed by atoms with Gasteiger partial charge in [-0.2, -0.15) is 0 Å². The maximum atomic E-state index is 12.3. The van der Waals surface area contributed by atoms with Crippen molar-refractivity contribution in [2.75, 3.05) is 6.54 Å². The van der Waals surface area contributed by atoms with E-state index in [1.807, 2.05) is 0 Å². The van der Waals surface area contributed by atoms with Crippen molar-refractivity contribution < 1.29 is 19.5 Å². The third kappa shape index (κ3) is 3.65. The highest BCUT2D eigenvalue weighted by Gasteiger charge is 2.47. The fraction of sp³-hybridized carbons (Fsp3) is 0.786. The Labute approximate surface area is 123 Å². The van der Waals surface area contributed by atoms with E-state index in [0.717, 1.165) is 25.7 Å². The number of nitrogens with one attached hydrogen (secondary N) is 1. The first kappa shape index (κ1) is 15.6. The third-order valence-electron chi connectivity index (χ3n) is 4.48. The summed E-state index contributed by atoms with van der Waals surface area (Å²) in [4.78, 5) is 35.9. The lowest BCUT2D eigenvalue weighted by Gasteiger charge is -2.32. The number of carboxylic acid groups (broad SMARTS) is 1. The minimum atomic E-state index is -0.934. The van der Waals surface area contributed by atoms with Gasteiger partial charge in [0.05, 0.1) is 0 Å². The van der Waals surface area contributed by atoms with Gasteiger partial charge in [0.1, 0.15) is 6.04 Å². The average Bonchev–Trinajstić information content (AvgIpc) is 2.83. The van der Waals surface area contributed by atoms with Crippen LogP contribution in [0.1, 0.15) is 44.9 Å². The molecule has 7 heteroatoms. The fourth-order valence-electron chi connectivity index (χ4n) is 3.52. The molecule has 21 heavy (non-hydrogen) atoms. The number of amides is 3. The molecule has 118 valence electrons. The van der Waals surface area contributed by atoms with Crippen LogP contribution < -0.4 is 11.1 Å². The maximum Gasteiger partial charge on any atom is 0.326 e. The van der Waals surface area contributed by atoms with Crippen LogP contribution >= 0.6 is 0 Å². The van der Waals surface area contributed by atoms with Crippen molar-refractivity contribution in [3.63, 3.8) is 0 Å². The molecule has 7 nitrogen and oxygen atoms in total. The molecular weight excluding hydrogens is 274 g/mol. The van der Waals surface area contributed by atoms with Crippen LogP contribution in [0.25, 0.3) is 0 Å². The van der Waals surface area contributed by atoms with Crippen LogP contribution in [-0.4, -0.2) is 46.5 Å². The Morgan fingerprint density at radius 2 is 1.95 bits per heavy atom. The van der Waals surface area contributed by atoms with E-state index < -0.39 is 17.9 Å². The zero-order valence-electron chi connectivity index (χ0n) is 12.1. The summed E-state index contributed by atoms with van der Waals surface area (Å²) in [6, 6.07) is -1.02. The Hall–Kier alpha value is -1.79. The molecule has 2 fully saturated rings. The molecule has 0 bridgehead atoms. The van der Waals surface area contributed by atoms with Gasteiger partial charge in [-0.3, -0.25) is 4.79 Å². The summed E-state index contributed by atoms with van der Waals surface area (Å²) in [5.74, 6) is -1.03. The topological polar surface area (TPSA) is 113 Å². The number of carbonyl (C=O) groups is 3. The van der Waals surface area contributed by atoms with Crippen LogP contribution in [0.15, 0.2) is 0 Å². The third-order valence-corrected chi connectivity index (χ3v) is 4.48. The molecule has 1 saturated heterocycles. The van der Waals surface area contributed by atoms with Crippen LogP contribution in [0.4, 0.5) is 4.79 Å². The molecule has 3 atom stereocenters. The van der Waals surface area contributed by atoms with Crippen molar-refractivity contribution in [3.05, 3.63) is 0 Å². The second kappa shape index (κ2) is 6.78. The maximum absolute atomic E-state index is 12.3. The number of nitrogens with two attached hydrogens (primary N) is 1. The van der Waals surface area contributed by atoms with Crippen LogP contribution in [0.2, 0.25) is 0 Å². The van der Waals surface area contributed by atoms with Crippen molar-refractivity contribution in [3.8, 4) is 0 Å². The first-order valence-corrected chi connectivity index (χ1v) is 7.58. The quantitative estimate of drug-likeness (QED) is 0.647. The summed E-state index contributed by atoms with van der Waals surface area (Å²) in [5, 5.41) is 12.1. The molecule has 0 spiro atoms. The Morgan fingerprint density at radius 1 is 1.24 bits per heavy atom. The van der Waals surface area contributed by atoms with Gasteiger partial charge in [-0.1, -0.05) is 12.8 Å². The fourth-order valence-corrected chi connectivity index (χ4v) is 3.52. The van der Waals surface area contributed by atoms with Gasteiger partial charge < -0.3 is 21.1 Å². The lowest BCUT2D eigenvalue weighted by atomic mass is 9.85. The first-order chi connectivity index (χ1) is 10.0. The second-order valence-electron chi connectivity index (χ2n) is 5.91. The van der Waals surface area contributed by atoms with Gasteiger partial charge in [-0.05, 0) is 31.6 Å². The molecule has 3 amide bonds. The molecule has 0 aromatic rings. The molecule has 2 rings (SSSR count). The van der Waals surface area contributed by atoms with Gasteiger partial charge in [0.15, 0.2) is 0 Å². The van der Waals surface area contributed by atoms with E-state index in [2.05, 4.69) is 5.32 Å². The van der Waals surface area contributed by atoms with Gasteiger partial charge in [0, 0.05) is 19.0 Å². The molecule has 0 radical (unpaired) electrons. The summed E-state index contributed by atoms with van der Waals surface area (Å²) in [7, 11) is 0. The van der Waals surface area contributed by atoms with E-state index in [9.17, 15) is 19.5 Å². The molecule has 0 aromatic carbocycles. The average molecular weight is 297 g/mol. The zero-order chi connectivity index (χ0) is 15.4. The van der Waals surface area contributed by atoms with Crippen LogP contribution in [0.3, 0.4) is 0 Å². The van der Waals surface area contributed by atoms with Crippen molar-refractivity contribution in [2.45, 2.75) is 57.0 Å². The minimum Gasteiger partial charge on any atom is -0.480 e. The van der Waals surface area contributed by atoms with E-state index in [1.54, 1.807) is 0 Å². The van der Waals surface area contributed by atoms with E-state index in [-0.39, 0.29) is 18.5 Å². The highest BCUT2D eigenvalue weighted by molar-refractivity contribution is 5.83. The van der Waals surface area contributed by atoms with Gasteiger partial charge in [-0.15, -0.1) is 0 Å². The van der Waals surface area contributed by atoms with Crippen molar-refractivity contribution in [1.29, 1.82) is 0 Å². The Balaban J connectivity index is 1.95. The number of urea groups is 1. The predicted octanol–water partition coefficient (Wildman–Crippen LogP) is 0.679. The van der Waals surface area contributed by atoms with E-state index in [4.69, 9.17) is 5.73 Å². The van der Waals surface area contributed by atoms with Crippen LogP contribution in [0.5, 0.6) is 0 Å². The number of aliphatic carboxylic acids is 1. The van der Waals surface area contributed by atoms with Gasteiger partial charge in [-0.25, -0.2) is 9.59 Å². The van der Waals surface area contributed by atoms with Gasteiger partial charge in [0.25, 0.3) is 0 Å². The number of hydrogen-bond acceptors (Lipinski definition) is 3. The number of rotatable bonds is 5. The molecule has 1 heterocycles. The Bertz CT molecular complexity index is 426. The predicted molar refractivity (Wildman–Crippen MR) is 75.5 cm³/mol. The van der Waals surface area contributed by atoms with Crippen molar-refractivity contribution >= 4 is 17.9 Å². The molecule has 4 N–H and O–H groups in total. The SMILES string of the molecule is NC(=O)CCCNC(=O)N1C(C(=O)O)CC2CCCCC21. The summed E-state index contributed by atoms with van der Waals surface area (Å²) >= 11 is 0. The molecule has 3 unspecified atom stereocenters. The standard InChI is InChI=1S/C14H23N3O4/c15-12(18)6-3-7-16-14(21)17-10-5-2-1-4-9(10)8-11(17)13(19)20/h9-11H,1-8H2,(H2,15,18)(H,16,21)(H,19,20). The summed E-state index contributed by atoms with van der Waals surface area (Å²) in [6.07, 6.45) is 5.27. The number of primary amides is 1. The Morgan fingerprint density at radius 3 is 2.62 bits per heavy atom. The number of carboxylic acids is 1. The molecule has 1 aliphatic heterocycles. The highest BCUT2D eigenvalue weighted by atomic mass is 16.4. The number of carbonyl (C=O) groups excluding carboxylic acids is 2. The first-order valence-electron chi connectivity index (χ1n) is 7.58. The van der Waals surface area contributed by atoms with E-state index >= 15 is 0 Å². The Kier molecular flexibility index (Phi) is 5.03. The number of nitrogens with zero attached hydrogens (tertiary/aromatic N) is 1. The molecular formula is C14H23N3O4. The van der Waals surface area contributed by atoms with Crippen LogP contribution in [0, 0.1) is 5.92 Å². The molecule has 0 aromatic heterocycles. The second-order valence-corrected chi connectivity index (χ2v) is 5.91. The molecule has 1 saturated carbocycles. The lowest BCUT2D eigenvalue weighted by molar-refractivity contribution is -0.141. The van der Waals surface area contributed by atoms with Crippen LogP contribution in [-0.2, 0) is 9.59 Å². The zero-order valence-corrected chi connectivity index (χ0v) is 12.1. The van der Waals surface area contributed by atoms with Crippen molar-refractivity contribution in [1.82, 2.24) is 10.2 Å². The van der Waals surface area contributed by atoms with E-state index in [0.29, 0.717) is 25.3 Å². The minimum absolute atomic E-state index is 0.0380. The van der Waals surface area contributed by atoms with Gasteiger partial charge in [0.2, 0.25) is 5.91 Å². The number of likely N-dealkylation sites (tertiary alicyclic amines) is 1. The number of hydrogen-bond donors (Lipinski definition) is 3. The normalized spacial score (nSPS) is 28.0. The lowest BCUT2D eigenvalue weighted by Crippen LogP contribution is -2.50. The smallest absolute Gasteiger partial charge is 0.326 e. The summed E-state index contributed by atoms with van der Waals surface area (Å²) < 4.78 is 0. The molecule has 1 aliphatic carbocycles.